The molecule has 3 heteroatoms. The van der Waals surface area contributed by atoms with Crippen LogP contribution in [-0.2, 0) is 0 Å². The number of rotatable bonds is 2. The second-order valence-electron chi connectivity index (χ2n) is 4.68. The van der Waals surface area contributed by atoms with Crippen molar-refractivity contribution in [2.24, 2.45) is 0 Å². The normalized spacial score (nSPS) is 10.6. The van der Waals surface area contributed by atoms with Crippen LogP contribution in [0.2, 0.25) is 10.0 Å². The van der Waals surface area contributed by atoms with Gasteiger partial charge in [-0.1, -0.05) is 75.5 Å². The zero-order valence-electron chi connectivity index (χ0n) is 11.0. The van der Waals surface area contributed by atoms with Crippen molar-refractivity contribution >= 4 is 39.1 Å². The maximum Gasteiger partial charge on any atom is 0.0490 e. The van der Waals surface area contributed by atoms with E-state index in [1.807, 2.05) is 48.5 Å². The zero-order chi connectivity index (χ0) is 14.8. The topological polar surface area (TPSA) is 0 Å². The fraction of sp³-hybridized carbons (Fsp3) is 0. The summed E-state index contributed by atoms with van der Waals surface area (Å²) < 4.78 is 1.06. The van der Waals surface area contributed by atoms with Gasteiger partial charge >= 0.3 is 0 Å². The first-order valence-corrected chi connectivity index (χ1v) is 8.00. The molecule has 0 unspecified atom stereocenters. The lowest BCUT2D eigenvalue weighted by Gasteiger charge is -2.12. The second kappa shape index (κ2) is 6.23. The standard InChI is InChI=1S/C18H11BrCl2/c19-14-8-4-12(5-9-14)16-2-1-3-17(21)18(16)13-6-10-15(20)11-7-13/h1-11H. The van der Waals surface area contributed by atoms with Gasteiger partial charge in [-0.15, -0.1) is 0 Å². The molecular formula is C18H11BrCl2. The smallest absolute Gasteiger partial charge is 0.0490 e. The van der Waals surface area contributed by atoms with Crippen molar-refractivity contribution in [2.45, 2.75) is 0 Å². The summed E-state index contributed by atoms with van der Waals surface area (Å²) in [6, 6.07) is 21.9. The van der Waals surface area contributed by atoms with Crippen molar-refractivity contribution < 1.29 is 0 Å². The Labute approximate surface area is 142 Å². The Bertz CT molecular complexity index is 762. The third-order valence-electron chi connectivity index (χ3n) is 3.30. The lowest BCUT2D eigenvalue weighted by atomic mass is 9.94. The summed E-state index contributed by atoms with van der Waals surface area (Å²) in [4.78, 5) is 0. The molecule has 3 aromatic rings. The highest BCUT2D eigenvalue weighted by atomic mass is 79.9. The predicted molar refractivity (Wildman–Crippen MR) is 95.0 cm³/mol. The van der Waals surface area contributed by atoms with E-state index < -0.39 is 0 Å². The number of hydrogen-bond donors (Lipinski definition) is 0. The molecule has 0 N–H and O–H groups in total. The number of benzene rings is 3. The number of hydrogen-bond acceptors (Lipinski definition) is 0. The van der Waals surface area contributed by atoms with Crippen LogP contribution >= 0.6 is 39.1 Å². The van der Waals surface area contributed by atoms with Gasteiger partial charge in [-0.25, -0.2) is 0 Å². The largest absolute Gasteiger partial charge is 0.0843 e. The Morgan fingerprint density at radius 3 is 1.95 bits per heavy atom. The average molecular weight is 378 g/mol. The highest BCUT2D eigenvalue weighted by molar-refractivity contribution is 9.10. The Hall–Kier alpha value is -1.28. The van der Waals surface area contributed by atoms with Crippen molar-refractivity contribution in [3.05, 3.63) is 81.2 Å². The molecule has 0 aliphatic heterocycles. The molecule has 0 aliphatic rings. The van der Waals surface area contributed by atoms with Crippen LogP contribution in [-0.4, -0.2) is 0 Å². The van der Waals surface area contributed by atoms with Gasteiger partial charge in [-0.3, -0.25) is 0 Å². The fourth-order valence-electron chi connectivity index (χ4n) is 2.30. The molecule has 0 aliphatic carbocycles. The molecule has 0 aromatic heterocycles. The molecule has 0 heterocycles. The monoisotopic (exact) mass is 376 g/mol. The van der Waals surface area contributed by atoms with E-state index in [-0.39, 0.29) is 0 Å². The van der Waals surface area contributed by atoms with Gasteiger partial charge in [0, 0.05) is 20.1 Å². The maximum absolute atomic E-state index is 6.44. The molecule has 104 valence electrons. The van der Waals surface area contributed by atoms with Gasteiger partial charge in [0.1, 0.15) is 0 Å². The summed E-state index contributed by atoms with van der Waals surface area (Å²) in [7, 11) is 0. The van der Waals surface area contributed by atoms with Crippen molar-refractivity contribution in [3.63, 3.8) is 0 Å². The first-order chi connectivity index (χ1) is 10.1. The molecule has 0 atom stereocenters. The van der Waals surface area contributed by atoms with E-state index in [0.29, 0.717) is 0 Å². The van der Waals surface area contributed by atoms with Gasteiger partial charge in [-0.05, 0) is 47.0 Å². The van der Waals surface area contributed by atoms with E-state index in [2.05, 4.69) is 34.1 Å². The summed E-state index contributed by atoms with van der Waals surface area (Å²) in [5.41, 5.74) is 4.32. The highest BCUT2D eigenvalue weighted by Crippen LogP contribution is 2.38. The van der Waals surface area contributed by atoms with Gasteiger partial charge < -0.3 is 0 Å². The first kappa shape index (κ1) is 14.6. The summed E-state index contributed by atoms with van der Waals surface area (Å²) in [6.07, 6.45) is 0. The van der Waals surface area contributed by atoms with E-state index in [4.69, 9.17) is 23.2 Å². The van der Waals surface area contributed by atoms with Crippen LogP contribution in [0.15, 0.2) is 71.2 Å². The predicted octanol–water partition coefficient (Wildman–Crippen LogP) is 7.09. The van der Waals surface area contributed by atoms with Crippen molar-refractivity contribution in [2.75, 3.05) is 0 Å². The minimum absolute atomic E-state index is 0.719. The molecular weight excluding hydrogens is 367 g/mol. The van der Waals surface area contributed by atoms with E-state index in [1.54, 1.807) is 0 Å². The van der Waals surface area contributed by atoms with Gasteiger partial charge in [0.15, 0.2) is 0 Å². The van der Waals surface area contributed by atoms with Crippen molar-refractivity contribution in [1.29, 1.82) is 0 Å². The Morgan fingerprint density at radius 1 is 0.667 bits per heavy atom. The Morgan fingerprint density at radius 2 is 1.29 bits per heavy atom. The van der Waals surface area contributed by atoms with Crippen LogP contribution in [0, 0.1) is 0 Å². The van der Waals surface area contributed by atoms with Crippen LogP contribution in [0.1, 0.15) is 0 Å². The molecule has 0 amide bonds. The van der Waals surface area contributed by atoms with Crippen LogP contribution in [0.5, 0.6) is 0 Å². The molecule has 0 nitrogen and oxygen atoms in total. The lowest BCUT2D eigenvalue weighted by molar-refractivity contribution is 1.57. The summed E-state index contributed by atoms with van der Waals surface area (Å²) in [6.45, 7) is 0. The number of halogens is 3. The van der Waals surface area contributed by atoms with Crippen LogP contribution < -0.4 is 0 Å². The molecule has 0 spiro atoms. The van der Waals surface area contributed by atoms with Crippen LogP contribution in [0.25, 0.3) is 22.3 Å². The minimum Gasteiger partial charge on any atom is -0.0843 e. The molecule has 0 radical (unpaired) electrons. The van der Waals surface area contributed by atoms with E-state index in [0.717, 1.165) is 36.8 Å². The molecule has 3 aromatic carbocycles. The first-order valence-electron chi connectivity index (χ1n) is 6.45. The Kier molecular flexibility index (Phi) is 4.34. The van der Waals surface area contributed by atoms with Crippen molar-refractivity contribution in [3.8, 4) is 22.3 Å². The van der Waals surface area contributed by atoms with E-state index >= 15 is 0 Å². The van der Waals surface area contributed by atoms with Gasteiger partial charge in [0.25, 0.3) is 0 Å². The molecule has 0 fully saturated rings. The van der Waals surface area contributed by atoms with Crippen LogP contribution in [0.4, 0.5) is 0 Å². The van der Waals surface area contributed by atoms with Crippen molar-refractivity contribution in [1.82, 2.24) is 0 Å². The van der Waals surface area contributed by atoms with E-state index in [9.17, 15) is 0 Å². The van der Waals surface area contributed by atoms with E-state index in [1.165, 1.54) is 0 Å². The van der Waals surface area contributed by atoms with Gasteiger partial charge in [0.2, 0.25) is 0 Å². The summed E-state index contributed by atoms with van der Waals surface area (Å²) >= 11 is 15.9. The molecule has 0 bridgehead atoms. The zero-order valence-corrected chi connectivity index (χ0v) is 14.1. The third kappa shape index (κ3) is 3.16. The average Bonchev–Trinajstić information content (AvgIpc) is 2.49. The SMILES string of the molecule is Clc1ccc(-c2c(Cl)cccc2-c2ccc(Br)cc2)cc1. The van der Waals surface area contributed by atoms with Gasteiger partial charge in [-0.2, -0.15) is 0 Å². The van der Waals surface area contributed by atoms with Gasteiger partial charge in [0.05, 0.1) is 0 Å². The van der Waals surface area contributed by atoms with Crippen LogP contribution in [0.3, 0.4) is 0 Å². The lowest BCUT2D eigenvalue weighted by Crippen LogP contribution is -1.86. The summed E-state index contributed by atoms with van der Waals surface area (Å²) in [5, 5.41) is 1.45. The quantitative estimate of drug-likeness (QED) is 0.447. The molecule has 21 heavy (non-hydrogen) atoms. The minimum atomic E-state index is 0.719. The fourth-order valence-corrected chi connectivity index (χ4v) is 2.98. The second-order valence-corrected chi connectivity index (χ2v) is 6.44. The molecule has 0 saturated heterocycles. The third-order valence-corrected chi connectivity index (χ3v) is 4.40. The molecule has 0 saturated carbocycles. The Balaban J connectivity index is 2.20. The molecule has 3 rings (SSSR count). The highest BCUT2D eigenvalue weighted by Gasteiger charge is 2.11. The maximum atomic E-state index is 6.44. The summed E-state index contributed by atoms with van der Waals surface area (Å²) in [5.74, 6) is 0.